The summed E-state index contributed by atoms with van der Waals surface area (Å²) < 4.78 is 18.4. The third-order valence-corrected chi connectivity index (χ3v) is 5.14. The highest BCUT2D eigenvalue weighted by Crippen LogP contribution is 2.21. The Morgan fingerprint density at radius 3 is 2.78 bits per heavy atom. The molecule has 0 bridgehead atoms. The van der Waals surface area contributed by atoms with Crippen molar-refractivity contribution in [1.82, 2.24) is 20.4 Å². The molecular weight excluding hydrogens is 347 g/mol. The molecule has 1 aromatic carbocycles. The minimum absolute atomic E-state index is 0.00107. The molecule has 1 N–H and O–H groups in total. The number of piperidine rings is 1. The van der Waals surface area contributed by atoms with Crippen LogP contribution >= 0.6 is 0 Å². The minimum atomic E-state index is -0.298. The van der Waals surface area contributed by atoms with Crippen LogP contribution in [-0.2, 0) is 11.3 Å². The van der Waals surface area contributed by atoms with E-state index in [0.29, 0.717) is 30.4 Å². The summed E-state index contributed by atoms with van der Waals surface area (Å²) in [5, 5.41) is 7.14. The number of benzene rings is 1. The standard InChI is InChI=1S/C20H27FN4O2/c1-3-17(4-2)22-20(26)15-6-5-11-25(12-15)13-18-23-19(24-27-18)14-7-9-16(21)10-8-14/h7-10,15,17H,3-6,11-13H2,1-2H3,(H,22,26). The van der Waals surface area contributed by atoms with Gasteiger partial charge in [0.2, 0.25) is 17.6 Å². The van der Waals surface area contributed by atoms with Crippen LogP contribution in [-0.4, -0.2) is 40.1 Å². The van der Waals surface area contributed by atoms with Crippen molar-refractivity contribution in [1.29, 1.82) is 0 Å². The van der Waals surface area contributed by atoms with Gasteiger partial charge in [-0.25, -0.2) is 4.39 Å². The molecule has 2 heterocycles. The Labute approximate surface area is 159 Å². The smallest absolute Gasteiger partial charge is 0.241 e. The molecule has 0 aliphatic carbocycles. The Balaban J connectivity index is 1.58. The molecule has 1 atom stereocenters. The van der Waals surface area contributed by atoms with Crippen molar-refractivity contribution in [2.45, 2.75) is 52.1 Å². The second kappa shape index (κ2) is 9.08. The van der Waals surface area contributed by atoms with Gasteiger partial charge in [0.05, 0.1) is 12.5 Å². The molecule has 2 aromatic rings. The van der Waals surface area contributed by atoms with E-state index in [1.165, 1.54) is 12.1 Å². The molecule has 1 unspecified atom stereocenters. The van der Waals surface area contributed by atoms with Crippen LogP contribution in [0.1, 0.15) is 45.4 Å². The highest BCUT2D eigenvalue weighted by molar-refractivity contribution is 5.79. The van der Waals surface area contributed by atoms with Gasteiger partial charge in [-0.1, -0.05) is 19.0 Å². The number of carbonyl (C=O) groups excluding carboxylic acids is 1. The summed E-state index contributed by atoms with van der Waals surface area (Å²) in [4.78, 5) is 19.1. The average molecular weight is 374 g/mol. The molecule has 0 radical (unpaired) electrons. The zero-order valence-electron chi connectivity index (χ0n) is 15.9. The monoisotopic (exact) mass is 374 g/mol. The molecule has 3 rings (SSSR count). The van der Waals surface area contributed by atoms with Gasteiger partial charge in [-0.15, -0.1) is 0 Å². The maximum atomic E-state index is 13.0. The number of amides is 1. The number of nitrogens with zero attached hydrogens (tertiary/aromatic N) is 3. The van der Waals surface area contributed by atoms with Crippen LogP contribution in [0.3, 0.4) is 0 Å². The van der Waals surface area contributed by atoms with E-state index >= 15 is 0 Å². The third-order valence-electron chi connectivity index (χ3n) is 5.14. The quantitative estimate of drug-likeness (QED) is 0.804. The Hall–Kier alpha value is -2.28. The van der Waals surface area contributed by atoms with E-state index in [4.69, 9.17) is 4.52 Å². The lowest BCUT2D eigenvalue weighted by molar-refractivity contribution is -0.127. The topological polar surface area (TPSA) is 71.3 Å². The zero-order valence-corrected chi connectivity index (χ0v) is 15.9. The predicted octanol–water partition coefficient (Wildman–Crippen LogP) is 3.39. The second-order valence-electron chi connectivity index (χ2n) is 7.11. The van der Waals surface area contributed by atoms with Gasteiger partial charge in [-0.2, -0.15) is 4.98 Å². The number of hydrogen-bond acceptors (Lipinski definition) is 5. The van der Waals surface area contributed by atoms with Gasteiger partial charge in [0.1, 0.15) is 5.82 Å². The highest BCUT2D eigenvalue weighted by atomic mass is 19.1. The summed E-state index contributed by atoms with van der Waals surface area (Å²) in [7, 11) is 0. The van der Waals surface area contributed by atoms with Gasteiger partial charge in [-0.05, 0) is 56.5 Å². The Kier molecular flexibility index (Phi) is 6.55. The van der Waals surface area contributed by atoms with Gasteiger partial charge < -0.3 is 9.84 Å². The first-order valence-corrected chi connectivity index (χ1v) is 9.70. The SMILES string of the molecule is CCC(CC)NC(=O)C1CCCN(Cc2nc(-c3ccc(F)cc3)no2)C1. The van der Waals surface area contributed by atoms with E-state index in [9.17, 15) is 9.18 Å². The van der Waals surface area contributed by atoms with Crippen LogP contribution in [0.2, 0.25) is 0 Å². The molecule has 7 heteroatoms. The second-order valence-corrected chi connectivity index (χ2v) is 7.11. The van der Waals surface area contributed by atoms with Crippen LogP contribution in [0.5, 0.6) is 0 Å². The van der Waals surface area contributed by atoms with Crippen LogP contribution in [0.15, 0.2) is 28.8 Å². The summed E-state index contributed by atoms with van der Waals surface area (Å²) >= 11 is 0. The minimum Gasteiger partial charge on any atom is -0.353 e. The molecule has 146 valence electrons. The molecule has 1 amide bonds. The normalized spacial score (nSPS) is 18.0. The summed E-state index contributed by atoms with van der Waals surface area (Å²) in [6, 6.07) is 6.26. The van der Waals surface area contributed by atoms with Crippen molar-refractivity contribution in [3.8, 4) is 11.4 Å². The Morgan fingerprint density at radius 1 is 1.33 bits per heavy atom. The molecule has 1 aliphatic rings. The molecule has 6 nitrogen and oxygen atoms in total. The lowest BCUT2D eigenvalue weighted by atomic mass is 9.96. The first kappa shape index (κ1) is 19.5. The Bertz CT molecular complexity index is 743. The average Bonchev–Trinajstić information content (AvgIpc) is 3.15. The largest absolute Gasteiger partial charge is 0.353 e. The summed E-state index contributed by atoms with van der Waals surface area (Å²) in [6.07, 6.45) is 3.78. The van der Waals surface area contributed by atoms with Crippen molar-refractivity contribution in [3.05, 3.63) is 36.0 Å². The lowest BCUT2D eigenvalue weighted by Gasteiger charge is -2.31. The van der Waals surface area contributed by atoms with Crippen molar-refractivity contribution in [3.63, 3.8) is 0 Å². The molecule has 1 aromatic heterocycles. The van der Waals surface area contributed by atoms with E-state index in [1.54, 1.807) is 12.1 Å². The summed E-state index contributed by atoms with van der Waals surface area (Å²) in [5.74, 6) is 0.804. The fourth-order valence-corrected chi connectivity index (χ4v) is 3.45. The van der Waals surface area contributed by atoms with Gasteiger partial charge in [-0.3, -0.25) is 9.69 Å². The Morgan fingerprint density at radius 2 is 2.07 bits per heavy atom. The fraction of sp³-hybridized carbons (Fsp3) is 0.550. The predicted molar refractivity (Wildman–Crippen MR) is 100 cm³/mol. The number of nitrogens with one attached hydrogen (secondary N) is 1. The molecule has 0 spiro atoms. The van der Waals surface area contributed by atoms with Crippen molar-refractivity contribution >= 4 is 5.91 Å². The van der Waals surface area contributed by atoms with E-state index in [1.807, 2.05) is 0 Å². The van der Waals surface area contributed by atoms with Crippen molar-refractivity contribution < 1.29 is 13.7 Å². The molecular formula is C20H27FN4O2. The molecule has 27 heavy (non-hydrogen) atoms. The molecule has 1 aliphatic heterocycles. The van der Waals surface area contributed by atoms with Crippen LogP contribution in [0.25, 0.3) is 11.4 Å². The van der Waals surface area contributed by atoms with Gasteiger partial charge in [0.15, 0.2) is 0 Å². The van der Waals surface area contributed by atoms with Gasteiger partial charge in [0.25, 0.3) is 0 Å². The first-order chi connectivity index (χ1) is 13.1. The van der Waals surface area contributed by atoms with E-state index in [2.05, 4.69) is 34.2 Å². The number of aromatic nitrogens is 2. The van der Waals surface area contributed by atoms with Crippen molar-refractivity contribution in [2.75, 3.05) is 13.1 Å². The highest BCUT2D eigenvalue weighted by Gasteiger charge is 2.27. The fourth-order valence-electron chi connectivity index (χ4n) is 3.45. The summed E-state index contributed by atoms with van der Waals surface area (Å²) in [6.45, 7) is 6.30. The third kappa shape index (κ3) is 5.13. The van der Waals surface area contributed by atoms with Gasteiger partial charge >= 0.3 is 0 Å². The van der Waals surface area contributed by atoms with Crippen LogP contribution in [0.4, 0.5) is 4.39 Å². The lowest BCUT2D eigenvalue weighted by Crippen LogP contribution is -2.45. The maximum absolute atomic E-state index is 13.0. The van der Waals surface area contributed by atoms with Crippen LogP contribution in [0, 0.1) is 11.7 Å². The zero-order chi connectivity index (χ0) is 19.2. The number of halogens is 1. The first-order valence-electron chi connectivity index (χ1n) is 9.70. The van der Waals surface area contributed by atoms with Crippen molar-refractivity contribution in [2.24, 2.45) is 5.92 Å². The molecule has 1 fully saturated rings. The van der Waals surface area contributed by atoms with Gasteiger partial charge in [0, 0.05) is 18.2 Å². The van der Waals surface area contributed by atoms with Crippen LogP contribution < -0.4 is 5.32 Å². The number of carbonyl (C=O) groups is 1. The van der Waals surface area contributed by atoms with E-state index in [0.717, 1.165) is 32.2 Å². The maximum Gasteiger partial charge on any atom is 0.241 e. The van der Waals surface area contributed by atoms with E-state index < -0.39 is 0 Å². The molecule has 0 saturated carbocycles. The summed E-state index contributed by atoms with van der Waals surface area (Å²) in [5.41, 5.74) is 0.715. The number of hydrogen-bond donors (Lipinski definition) is 1. The molecule has 1 saturated heterocycles. The number of likely N-dealkylation sites (tertiary alicyclic amines) is 1. The van der Waals surface area contributed by atoms with E-state index in [-0.39, 0.29) is 23.7 Å². The number of rotatable bonds is 7.